The lowest BCUT2D eigenvalue weighted by atomic mass is 10.0. The molecule has 19 heavy (non-hydrogen) atoms. The molecule has 1 rings (SSSR count). The van der Waals surface area contributed by atoms with Crippen LogP contribution in [0.2, 0.25) is 0 Å². The highest BCUT2D eigenvalue weighted by Gasteiger charge is 2.18. The lowest BCUT2D eigenvalue weighted by molar-refractivity contribution is 0.152. The highest BCUT2D eigenvalue weighted by Crippen LogP contribution is 2.28. The predicted molar refractivity (Wildman–Crippen MR) is 67.1 cm³/mol. The molecule has 1 atom stereocenters. The Bertz CT molecular complexity index is 458. The zero-order valence-electron chi connectivity index (χ0n) is 10.6. The second-order valence-corrected chi connectivity index (χ2v) is 4.12. The molecule has 1 aromatic carbocycles. The molecule has 1 aromatic rings. The summed E-state index contributed by atoms with van der Waals surface area (Å²) in [4.78, 5) is 1.27. The molecule has 104 valence electrons. The maximum absolute atomic E-state index is 12.6. The third-order valence-electron chi connectivity index (χ3n) is 2.68. The van der Waals surface area contributed by atoms with Gasteiger partial charge in [-0.3, -0.25) is 0 Å². The summed E-state index contributed by atoms with van der Waals surface area (Å²) in [6.45, 7) is 0.682. The molecule has 2 N–H and O–H groups in total. The van der Waals surface area contributed by atoms with E-state index in [-0.39, 0.29) is 13.2 Å². The Hall–Kier alpha value is -1.71. The summed E-state index contributed by atoms with van der Waals surface area (Å²) in [5.74, 6) is 0. The summed E-state index contributed by atoms with van der Waals surface area (Å²) < 4.78 is 25.1. The van der Waals surface area contributed by atoms with Gasteiger partial charge in [0.25, 0.3) is 6.43 Å². The topological polar surface area (TPSA) is 67.5 Å². The number of aliphatic hydroxyl groups is 2. The van der Waals surface area contributed by atoms with E-state index >= 15 is 0 Å². The fourth-order valence-corrected chi connectivity index (χ4v) is 1.84. The predicted octanol–water partition coefficient (Wildman–Crippen LogP) is 1.68. The molecule has 0 bridgehead atoms. The van der Waals surface area contributed by atoms with Crippen molar-refractivity contribution < 1.29 is 19.0 Å². The Morgan fingerprint density at radius 1 is 1.42 bits per heavy atom. The number of nitriles is 1. The van der Waals surface area contributed by atoms with Crippen molar-refractivity contribution in [2.45, 2.75) is 19.5 Å². The van der Waals surface area contributed by atoms with Crippen molar-refractivity contribution in [3.05, 3.63) is 29.3 Å². The molecule has 0 saturated heterocycles. The van der Waals surface area contributed by atoms with Gasteiger partial charge in [0.1, 0.15) is 0 Å². The Balaban J connectivity index is 3.21. The largest absolute Gasteiger partial charge is 0.395 e. The van der Waals surface area contributed by atoms with Gasteiger partial charge in [0, 0.05) is 17.8 Å². The van der Waals surface area contributed by atoms with Crippen LogP contribution in [0.4, 0.5) is 14.5 Å². The van der Waals surface area contributed by atoms with Gasteiger partial charge in [0.05, 0.1) is 30.9 Å². The lowest BCUT2D eigenvalue weighted by Gasteiger charge is -2.27. The highest BCUT2D eigenvalue weighted by molar-refractivity contribution is 5.58. The van der Waals surface area contributed by atoms with Crippen molar-refractivity contribution in [2.24, 2.45) is 0 Å². The van der Waals surface area contributed by atoms with E-state index in [9.17, 15) is 13.9 Å². The summed E-state index contributed by atoms with van der Waals surface area (Å²) in [6.07, 6.45) is -3.42. The zero-order valence-corrected chi connectivity index (χ0v) is 10.6. The van der Waals surface area contributed by atoms with Crippen molar-refractivity contribution in [1.29, 1.82) is 5.26 Å². The van der Waals surface area contributed by atoms with Gasteiger partial charge in [-0.1, -0.05) is 6.07 Å². The number of benzene rings is 1. The van der Waals surface area contributed by atoms with Crippen LogP contribution < -0.4 is 4.90 Å². The molecule has 0 fully saturated rings. The molecule has 0 saturated carbocycles. The number of halogens is 2. The molecule has 0 spiro atoms. The highest BCUT2D eigenvalue weighted by atomic mass is 19.3. The molecule has 0 aliphatic rings. The van der Waals surface area contributed by atoms with Gasteiger partial charge >= 0.3 is 0 Å². The molecule has 0 aliphatic carbocycles. The Labute approximate surface area is 110 Å². The van der Waals surface area contributed by atoms with E-state index in [2.05, 4.69) is 0 Å². The first-order valence-corrected chi connectivity index (χ1v) is 5.85. The Morgan fingerprint density at radius 3 is 2.58 bits per heavy atom. The van der Waals surface area contributed by atoms with Crippen molar-refractivity contribution in [3.8, 4) is 6.07 Å². The fourth-order valence-electron chi connectivity index (χ4n) is 1.84. The van der Waals surface area contributed by atoms with E-state index in [1.165, 1.54) is 30.0 Å². The number of hydrogen-bond acceptors (Lipinski definition) is 4. The van der Waals surface area contributed by atoms with Gasteiger partial charge in [0.15, 0.2) is 0 Å². The maximum Gasteiger partial charge on any atom is 0.255 e. The quantitative estimate of drug-likeness (QED) is 0.825. The molecule has 1 unspecified atom stereocenters. The first-order valence-electron chi connectivity index (χ1n) is 5.85. The summed E-state index contributed by atoms with van der Waals surface area (Å²) >= 11 is 0. The van der Waals surface area contributed by atoms with Gasteiger partial charge in [-0.15, -0.1) is 0 Å². The Morgan fingerprint density at radius 2 is 2.11 bits per heavy atom. The van der Waals surface area contributed by atoms with E-state index in [0.29, 0.717) is 16.8 Å². The summed E-state index contributed by atoms with van der Waals surface area (Å²) in [7, 11) is 0. The van der Waals surface area contributed by atoms with Gasteiger partial charge in [-0.05, 0) is 19.1 Å². The first kappa shape index (κ1) is 15.3. The van der Waals surface area contributed by atoms with E-state index in [4.69, 9.17) is 10.4 Å². The number of anilines is 1. The molecule has 6 heteroatoms. The second-order valence-electron chi connectivity index (χ2n) is 4.12. The van der Waals surface area contributed by atoms with Crippen LogP contribution in [0.15, 0.2) is 18.2 Å². The maximum atomic E-state index is 12.6. The van der Waals surface area contributed by atoms with Crippen LogP contribution in [-0.4, -0.2) is 36.3 Å². The second kappa shape index (κ2) is 7.02. The lowest BCUT2D eigenvalue weighted by Crippen LogP contribution is -2.32. The third-order valence-corrected chi connectivity index (χ3v) is 2.68. The fraction of sp³-hybridized carbons (Fsp3) is 0.462. The molecule has 0 heterocycles. The monoisotopic (exact) mass is 270 g/mol. The van der Waals surface area contributed by atoms with Crippen LogP contribution in [0.3, 0.4) is 0 Å². The van der Waals surface area contributed by atoms with Gasteiger partial charge in [-0.2, -0.15) is 5.26 Å². The van der Waals surface area contributed by atoms with Crippen molar-refractivity contribution in [3.63, 3.8) is 0 Å². The van der Waals surface area contributed by atoms with Crippen LogP contribution in [-0.2, 0) is 0 Å². The number of rotatable bonds is 6. The zero-order chi connectivity index (χ0) is 14.4. The van der Waals surface area contributed by atoms with E-state index in [1.54, 1.807) is 0 Å². The first-order chi connectivity index (χ1) is 8.99. The summed E-state index contributed by atoms with van der Waals surface area (Å²) in [5, 5.41) is 27.5. The summed E-state index contributed by atoms with van der Waals surface area (Å²) in [5.41, 5.74) is 1.12. The van der Waals surface area contributed by atoms with Crippen LogP contribution in [0.1, 0.15) is 24.2 Å². The molecule has 0 radical (unpaired) electrons. The van der Waals surface area contributed by atoms with Gasteiger partial charge in [0.2, 0.25) is 0 Å². The Kier molecular flexibility index (Phi) is 5.67. The molecule has 4 nitrogen and oxygen atoms in total. The molecular formula is C13H16F2N2O2. The van der Waals surface area contributed by atoms with Crippen LogP contribution in [0, 0.1) is 11.3 Å². The SMILES string of the molecule is CC(O)c1ccc(C#N)cc1N(CCO)CC(F)F. The standard InChI is InChI=1S/C13H16F2N2O2/c1-9(19)11-3-2-10(7-16)6-12(11)17(4-5-18)8-13(14)15/h2-3,6,9,13,18-19H,4-5,8H2,1H3. The molecule has 0 amide bonds. The number of aliphatic hydroxyl groups excluding tert-OH is 2. The normalized spacial score (nSPS) is 12.3. The third kappa shape index (κ3) is 4.16. The van der Waals surface area contributed by atoms with Crippen LogP contribution >= 0.6 is 0 Å². The van der Waals surface area contributed by atoms with Crippen LogP contribution in [0.5, 0.6) is 0 Å². The van der Waals surface area contributed by atoms with E-state index in [0.717, 1.165) is 0 Å². The van der Waals surface area contributed by atoms with Crippen molar-refractivity contribution >= 4 is 5.69 Å². The minimum atomic E-state index is -2.57. The van der Waals surface area contributed by atoms with E-state index in [1.807, 2.05) is 6.07 Å². The van der Waals surface area contributed by atoms with Crippen molar-refractivity contribution in [1.82, 2.24) is 0 Å². The van der Waals surface area contributed by atoms with Crippen molar-refractivity contribution in [2.75, 3.05) is 24.6 Å². The van der Waals surface area contributed by atoms with Gasteiger partial charge in [-0.25, -0.2) is 8.78 Å². The minimum Gasteiger partial charge on any atom is -0.395 e. The van der Waals surface area contributed by atoms with Gasteiger partial charge < -0.3 is 15.1 Å². The molecular weight excluding hydrogens is 254 g/mol. The smallest absolute Gasteiger partial charge is 0.255 e. The average Bonchev–Trinajstić information content (AvgIpc) is 2.36. The number of alkyl halides is 2. The average molecular weight is 270 g/mol. The van der Waals surface area contributed by atoms with E-state index < -0.39 is 19.1 Å². The number of nitrogens with zero attached hydrogens (tertiary/aromatic N) is 2. The molecule has 0 aromatic heterocycles. The minimum absolute atomic E-state index is 0.0128. The molecule has 0 aliphatic heterocycles. The summed E-state index contributed by atoms with van der Waals surface area (Å²) in [6, 6.07) is 6.43. The number of hydrogen-bond donors (Lipinski definition) is 2. The van der Waals surface area contributed by atoms with Crippen LogP contribution in [0.25, 0.3) is 0 Å².